The van der Waals surface area contributed by atoms with Crippen LogP contribution in [0, 0.1) is 5.92 Å². The lowest BCUT2D eigenvalue weighted by atomic mass is 10.0. The molecule has 0 heterocycles. The Kier molecular flexibility index (Phi) is 6.16. The molecule has 0 bridgehead atoms. The second kappa shape index (κ2) is 7.39. The zero-order chi connectivity index (χ0) is 13.5. The van der Waals surface area contributed by atoms with Crippen LogP contribution in [0.2, 0.25) is 5.02 Å². The van der Waals surface area contributed by atoms with Gasteiger partial charge in [0.2, 0.25) is 5.91 Å². The Hall–Kier alpha value is -1.06. The van der Waals surface area contributed by atoms with Crippen LogP contribution in [0.4, 0.5) is 0 Å². The molecule has 1 aromatic carbocycles. The third-order valence-corrected chi connectivity index (χ3v) is 3.38. The van der Waals surface area contributed by atoms with E-state index in [0.29, 0.717) is 18.0 Å². The molecule has 0 saturated heterocycles. The zero-order valence-corrected chi connectivity index (χ0v) is 11.7. The van der Waals surface area contributed by atoms with Crippen molar-refractivity contribution in [3.63, 3.8) is 0 Å². The molecule has 0 radical (unpaired) electrons. The summed E-state index contributed by atoms with van der Waals surface area (Å²) in [5.74, 6) is 0.317. The highest BCUT2D eigenvalue weighted by molar-refractivity contribution is 6.30. The highest BCUT2D eigenvalue weighted by Crippen LogP contribution is 2.16. The molecule has 1 amide bonds. The van der Waals surface area contributed by atoms with Crippen molar-refractivity contribution in [2.24, 2.45) is 11.7 Å². The Labute approximate surface area is 114 Å². The van der Waals surface area contributed by atoms with Gasteiger partial charge in [0.25, 0.3) is 0 Å². The highest BCUT2D eigenvalue weighted by atomic mass is 35.5. The number of benzene rings is 1. The normalized spacial score (nSPS) is 14.0. The van der Waals surface area contributed by atoms with Crippen LogP contribution in [0.3, 0.4) is 0 Å². The van der Waals surface area contributed by atoms with Gasteiger partial charge in [0.1, 0.15) is 0 Å². The Morgan fingerprint density at radius 3 is 2.50 bits per heavy atom. The van der Waals surface area contributed by atoms with Crippen molar-refractivity contribution >= 4 is 17.5 Å². The van der Waals surface area contributed by atoms with Crippen LogP contribution in [0.5, 0.6) is 0 Å². The van der Waals surface area contributed by atoms with Crippen molar-refractivity contribution in [1.29, 1.82) is 0 Å². The number of amides is 1. The van der Waals surface area contributed by atoms with Crippen molar-refractivity contribution < 1.29 is 4.79 Å². The molecular weight excluding hydrogens is 248 g/mol. The first-order valence-corrected chi connectivity index (χ1v) is 6.69. The number of carbonyl (C=O) groups is 1. The number of hydrogen-bond acceptors (Lipinski definition) is 2. The number of rotatable bonds is 6. The molecule has 18 heavy (non-hydrogen) atoms. The number of carbonyl (C=O) groups excluding carboxylic acids is 1. The maximum Gasteiger partial charge on any atom is 0.220 e. The standard InChI is InChI=1S/C14H21ClN2O/c1-3-11(9-16)8-14(18)17-10(2)12-4-6-13(15)7-5-12/h4-7,10-11H,3,8-9,16H2,1-2H3,(H,17,18)/t10-,11?/m0/s1. The molecule has 2 atom stereocenters. The third kappa shape index (κ3) is 4.67. The molecule has 3 nitrogen and oxygen atoms in total. The van der Waals surface area contributed by atoms with Crippen molar-refractivity contribution in [2.75, 3.05) is 6.54 Å². The van der Waals surface area contributed by atoms with Crippen LogP contribution in [0.15, 0.2) is 24.3 Å². The van der Waals surface area contributed by atoms with Crippen LogP contribution in [0.1, 0.15) is 38.3 Å². The van der Waals surface area contributed by atoms with Crippen LogP contribution in [0.25, 0.3) is 0 Å². The van der Waals surface area contributed by atoms with Gasteiger partial charge >= 0.3 is 0 Å². The van der Waals surface area contributed by atoms with E-state index in [4.69, 9.17) is 17.3 Å². The predicted molar refractivity (Wildman–Crippen MR) is 75.5 cm³/mol. The lowest BCUT2D eigenvalue weighted by Crippen LogP contribution is -2.30. The van der Waals surface area contributed by atoms with Gasteiger partial charge in [0.05, 0.1) is 6.04 Å². The average Bonchev–Trinajstić information content (AvgIpc) is 2.36. The molecule has 0 aliphatic rings. The molecule has 0 aromatic heterocycles. The fourth-order valence-corrected chi connectivity index (χ4v) is 1.92. The fourth-order valence-electron chi connectivity index (χ4n) is 1.79. The first kappa shape index (κ1) is 15.0. The summed E-state index contributed by atoms with van der Waals surface area (Å²) in [6.07, 6.45) is 1.42. The molecule has 0 aliphatic heterocycles. The first-order chi connectivity index (χ1) is 8.56. The van der Waals surface area contributed by atoms with E-state index in [1.807, 2.05) is 38.1 Å². The maximum absolute atomic E-state index is 11.8. The fraction of sp³-hybridized carbons (Fsp3) is 0.500. The van der Waals surface area contributed by atoms with Gasteiger partial charge in [-0.2, -0.15) is 0 Å². The van der Waals surface area contributed by atoms with Gasteiger partial charge in [-0.25, -0.2) is 0 Å². The Morgan fingerprint density at radius 2 is 2.00 bits per heavy atom. The number of nitrogens with two attached hydrogens (primary N) is 1. The minimum absolute atomic E-state index is 0.00922. The summed E-state index contributed by atoms with van der Waals surface area (Å²) in [6, 6.07) is 7.49. The summed E-state index contributed by atoms with van der Waals surface area (Å²) in [5, 5.41) is 3.68. The summed E-state index contributed by atoms with van der Waals surface area (Å²) in [5.41, 5.74) is 6.65. The lowest BCUT2D eigenvalue weighted by Gasteiger charge is -2.17. The molecule has 0 fully saturated rings. The van der Waals surface area contributed by atoms with Crippen molar-refractivity contribution in [3.8, 4) is 0 Å². The van der Waals surface area contributed by atoms with Crippen molar-refractivity contribution in [3.05, 3.63) is 34.9 Å². The van der Waals surface area contributed by atoms with E-state index in [1.54, 1.807) is 0 Å². The molecule has 100 valence electrons. The smallest absolute Gasteiger partial charge is 0.220 e. The van der Waals surface area contributed by atoms with Crippen LogP contribution >= 0.6 is 11.6 Å². The minimum atomic E-state index is -0.00922. The zero-order valence-electron chi connectivity index (χ0n) is 10.9. The second-order valence-corrected chi connectivity index (χ2v) is 4.99. The van der Waals surface area contributed by atoms with E-state index >= 15 is 0 Å². The van der Waals surface area contributed by atoms with Gasteiger partial charge in [-0.05, 0) is 37.1 Å². The highest BCUT2D eigenvalue weighted by Gasteiger charge is 2.13. The summed E-state index contributed by atoms with van der Waals surface area (Å²) >= 11 is 5.83. The average molecular weight is 269 g/mol. The largest absolute Gasteiger partial charge is 0.350 e. The maximum atomic E-state index is 11.8. The van der Waals surface area contributed by atoms with Gasteiger partial charge in [-0.1, -0.05) is 37.1 Å². The predicted octanol–water partition coefficient (Wildman–Crippen LogP) is 2.89. The van der Waals surface area contributed by atoms with Gasteiger partial charge < -0.3 is 11.1 Å². The molecule has 1 aromatic rings. The van der Waals surface area contributed by atoms with E-state index in [9.17, 15) is 4.79 Å². The SMILES string of the molecule is CCC(CN)CC(=O)N[C@@H](C)c1ccc(Cl)cc1. The van der Waals surface area contributed by atoms with Crippen molar-refractivity contribution in [2.45, 2.75) is 32.7 Å². The summed E-state index contributed by atoms with van der Waals surface area (Å²) in [6.45, 7) is 4.57. The molecule has 1 rings (SSSR count). The third-order valence-electron chi connectivity index (χ3n) is 3.13. The lowest BCUT2D eigenvalue weighted by molar-refractivity contribution is -0.122. The molecule has 4 heteroatoms. The molecule has 0 aliphatic carbocycles. The van der Waals surface area contributed by atoms with Gasteiger partial charge in [-0.15, -0.1) is 0 Å². The summed E-state index contributed by atoms with van der Waals surface area (Å²) in [4.78, 5) is 11.8. The number of hydrogen-bond donors (Lipinski definition) is 2. The van der Waals surface area contributed by atoms with Gasteiger partial charge in [0.15, 0.2) is 0 Å². The molecule has 3 N–H and O–H groups in total. The van der Waals surface area contributed by atoms with Gasteiger partial charge in [0, 0.05) is 11.4 Å². The number of halogens is 1. The molecule has 0 spiro atoms. The van der Waals surface area contributed by atoms with E-state index < -0.39 is 0 Å². The van der Waals surface area contributed by atoms with Crippen LogP contribution in [-0.4, -0.2) is 12.5 Å². The van der Waals surface area contributed by atoms with Crippen molar-refractivity contribution in [1.82, 2.24) is 5.32 Å². The molecular formula is C14H21ClN2O. The Balaban J connectivity index is 2.51. The summed E-state index contributed by atoms with van der Waals surface area (Å²) < 4.78 is 0. The summed E-state index contributed by atoms with van der Waals surface area (Å²) in [7, 11) is 0. The Morgan fingerprint density at radius 1 is 1.39 bits per heavy atom. The van der Waals surface area contributed by atoms with E-state index in [1.165, 1.54) is 0 Å². The second-order valence-electron chi connectivity index (χ2n) is 4.55. The van der Waals surface area contributed by atoms with E-state index in [-0.39, 0.29) is 17.9 Å². The number of nitrogens with one attached hydrogen (secondary N) is 1. The van der Waals surface area contributed by atoms with E-state index in [2.05, 4.69) is 5.32 Å². The van der Waals surface area contributed by atoms with Crippen LogP contribution < -0.4 is 11.1 Å². The quantitative estimate of drug-likeness (QED) is 0.834. The van der Waals surface area contributed by atoms with Gasteiger partial charge in [-0.3, -0.25) is 4.79 Å². The first-order valence-electron chi connectivity index (χ1n) is 6.31. The van der Waals surface area contributed by atoms with Crippen LogP contribution in [-0.2, 0) is 4.79 Å². The van der Waals surface area contributed by atoms with E-state index in [0.717, 1.165) is 12.0 Å². The topological polar surface area (TPSA) is 55.1 Å². The molecule has 1 unspecified atom stereocenters. The molecule has 0 saturated carbocycles. The minimum Gasteiger partial charge on any atom is -0.350 e. The Bertz CT molecular complexity index is 374. The monoisotopic (exact) mass is 268 g/mol.